The molecule has 0 saturated heterocycles. The van der Waals surface area contributed by atoms with Crippen LogP contribution in [0, 0.1) is 11.8 Å². The number of ether oxygens (including phenoxy) is 1. The number of nitrogens with zero attached hydrogens (tertiary/aromatic N) is 2. The molecule has 0 spiro atoms. The van der Waals surface area contributed by atoms with Crippen molar-refractivity contribution in [2.24, 2.45) is 5.18 Å². The summed E-state index contributed by atoms with van der Waals surface area (Å²) in [6.07, 6.45) is 3.40. The first-order valence-corrected chi connectivity index (χ1v) is 9.01. The fourth-order valence-corrected chi connectivity index (χ4v) is 3.10. The van der Waals surface area contributed by atoms with Gasteiger partial charge in [-0.25, -0.2) is 0 Å². The molecule has 5 nitrogen and oxygen atoms in total. The SMILES string of the molecule is CCCCCOc1ccc(Cn2c(O)c(N=O)c3cc(C)ccc32)cc1. The van der Waals surface area contributed by atoms with Crippen LogP contribution in [0.3, 0.4) is 0 Å². The third-order valence-electron chi connectivity index (χ3n) is 4.54. The minimum atomic E-state index is -0.0968. The highest BCUT2D eigenvalue weighted by molar-refractivity contribution is 5.95. The fourth-order valence-electron chi connectivity index (χ4n) is 3.10. The van der Waals surface area contributed by atoms with E-state index < -0.39 is 0 Å². The van der Waals surface area contributed by atoms with Gasteiger partial charge in [0.05, 0.1) is 18.7 Å². The number of hydrogen-bond donors (Lipinski definition) is 1. The molecule has 0 bridgehead atoms. The van der Waals surface area contributed by atoms with E-state index in [1.807, 2.05) is 49.4 Å². The molecule has 0 aliphatic heterocycles. The maximum absolute atomic E-state index is 11.2. The van der Waals surface area contributed by atoms with Crippen molar-refractivity contribution in [2.75, 3.05) is 6.61 Å². The zero-order valence-electron chi connectivity index (χ0n) is 15.2. The van der Waals surface area contributed by atoms with Gasteiger partial charge in [-0.05, 0) is 48.4 Å². The van der Waals surface area contributed by atoms with Crippen LogP contribution in [-0.2, 0) is 6.54 Å². The molecule has 1 heterocycles. The monoisotopic (exact) mass is 352 g/mol. The minimum absolute atomic E-state index is 0.0968. The third kappa shape index (κ3) is 3.72. The number of aryl methyl sites for hydroxylation is 1. The molecular formula is C21H24N2O3. The number of unbranched alkanes of at least 4 members (excludes halogenated alkanes) is 2. The molecule has 1 aromatic heterocycles. The molecule has 0 radical (unpaired) electrons. The highest BCUT2D eigenvalue weighted by Gasteiger charge is 2.17. The Hall–Kier alpha value is -2.82. The van der Waals surface area contributed by atoms with E-state index in [1.54, 1.807) is 4.57 Å². The Labute approximate surface area is 153 Å². The largest absolute Gasteiger partial charge is 0.494 e. The van der Waals surface area contributed by atoms with Gasteiger partial charge in [-0.1, -0.05) is 43.5 Å². The van der Waals surface area contributed by atoms with Crippen molar-refractivity contribution in [3.63, 3.8) is 0 Å². The predicted molar refractivity (Wildman–Crippen MR) is 104 cm³/mol. The van der Waals surface area contributed by atoms with E-state index in [-0.39, 0.29) is 11.6 Å². The molecule has 0 aliphatic rings. The second kappa shape index (κ2) is 8.04. The molecule has 0 saturated carbocycles. The van der Waals surface area contributed by atoms with Crippen LogP contribution in [0.1, 0.15) is 37.3 Å². The number of fused-ring (bicyclic) bond motifs is 1. The molecule has 0 fully saturated rings. The molecule has 0 atom stereocenters. The average Bonchev–Trinajstić information content (AvgIpc) is 2.90. The summed E-state index contributed by atoms with van der Waals surface area (Å²) < 4.78 is 7.44. The maximum atomic E-state index is 11.2. The van der Waals surface area contributed by atoms with E-state index >= 15 is 0 Å². The second-order valence-corrected chi connectivity index (χ2v) is 6.57. The van der Waals surface area contributed by atoms with Crippen LogP contribution in [0.4, 0.5) is 5.69 Å². The Kier molecular flexibility index (Phi) is 5.56. The zero-order valence-corrected chi connectivity index (χ0v) is 15.2. The van der Waals surface area contributed by atoms with Crippen molar-refractivity contribution in [1.82, 2.24) is 4.57 Å². The van der Waals surface area contributed by atoms with E-state index in [2.05, 4.69) is 12.1 Å². The average molecular weight is 352 g/mol. The first kappa shape index (κ1) is 18.0. The smallest absolute Gasteiger partial charge is 0.222 e. The van der Waals surface area contributed by atoms with Crippen molar-refractivity contribution in [3.8, 4) is 11.6 Å². The number of aromatic nitrogens is 1. The standard InChI is InChI=1S/C21H24N2O3/c1-3-4-5-12-26-17-9-7-16(8-10-17)14-23-19-11-6-15(2)13-18(19)20(22-25)21(23)24/h6-11,13,24H,3-5,12,14H2,1-2H3. The Bertz CT molecular complexity index is 898. The van der Waals surface area contributed by atoms with Crippen LogP contribution >= 0.6 is 0 Å². The van der Waals surface area contributed by atoms with Crippen LogP contribution in [0.5, 0.6) is 11.6 Å². The van der Waals surface area contributed by atoms with Crippen LogP contribution in [0.15, 0.2) is 47.6 Å². The number of hydrogen-bond acceptors (Lipinski definition) is 4. The summed E-state index contributed by atoms with van der Waals surface area (Å²) in [5.41, 5.74) is 2.92. The van der Waals surface area contributed by atoms with Gasteiger partial charge < -0.3 is 14.4 Å². The maximum Gasteiger partial charge on any atom is 0.222 e. The molecule has 3 aromatic rings. The van der Waals surface area contributed by atoms with Crippen molar-refractivity contribution in [2.45, 2.75) is 39.7 Å². The summed E-state index contributed by atoms with van der Waals surface area (Å²) in [5, 5.41) is 14.1. The van der Waals surface area contributed by atoms with Gasteiger partial charge in [-0.2, -0.15) is 0 Å². The van der Waals surface area contributed by atoms with Crippen LogP contribution in [0.25, 0.3) is 10.9 Å². The van der Waals surface area contributed by atoms with Crippen molar-refractivity contribution in [1.29, 1.82) is 0 Å². The molecule has 26 heavy (non-hydrogen) atoms. The molecule has 136 valence electrons. The molecule has 0 amide bonds. The van der Waals surface area contributed by atoms with Gasteiger partial charge in [0.25, 0.3) is 0 Å². The topological polar surface area (TPSA) is 63.8 Å². The first-order chi connectivity index (χ1) is 12.6. The number of aromatic hydroxyl groups is 1. The summed E-state index contributed by atoms with van der Waals surface area (Å²) in [5.74, 6) is 0.748. The van der Waals surface area contributed by atoms with Gasteiger partial charge in [-0.3, -0.25) is 0 Å². The van der Waals surface area contributed by atoms with Gasteiger partial charge in [-0.15, -0.1) is 4.91 Å². The summed E-state index contributed by atoms with van der Waals surface area (Å²) in [6.45, 7) is 5.30. The molecule has 0 aliphatic carbocycles. The van der Waals surface area contributed by atoms with E-state index in [0.29, 0.717) is 11.9 Å². The Morgan fingerprint density at radius 3 is 2.58 bits per heavy atom. The van der Waals surface area contributed by atoms with Crippen molar-refractivity contribution in [3.05, 3.63) is 58.5 Å². The van der Waals surface area contributed by atoms with Gasteiger partial charge in [0.1, 0.15) is 5.75 Å². The molecule has 3 rings (SSSR count). The zero-order chi connectivity index (χ0) is 18.5. The molecule has 1 N–H and O–H groups in total. The lowest BCUT2D eigenvalue weighted by Gasteiger charge is -2.09. The van der Waals surface area contributed by atoms with E-state index in [0.717, 1.165) is 35.4 Å². The van der Waals surface area contributed by atoms with Crippen LogP contribution < -0.4 is 4.74 Å². The number of nitroso groups, excluding NO2 is 1. The van der Waals surface area contributed by atoms with E-state index in [9.17, 15) is 10.0 Å². The number of rotatable bonds is 8. The lowest BCUT2D eigenvalue weighted by atomic mass is 10.1. The molecule has 2 aromatic carbocycles. The Morgan fingerprint density at radius 1 is 1.12 bits per heavy atom. The van der Waals surface area contributed by atoms with Crippen molar-refractivity contribution >= 4 is 16.6 Å². The van der Waals surface area contributed by atoms with Gasteiger partial charge in [0.2, 0.25) is 5.88 Å². The predicted octanol–water partition coefficient (Wildman–Crippen LogP) is 5.67. The summed E-state index contributed by atoms with van der Waals surface area (Å²) >= 11 is 0. The normalized spacial score (nSPS) is 11.0. The highest BCUT2D eigenvalue weighted by atomic mass is 16.5. The summed E-state index contributed by atoms with van der Waals surface area (Å²) in [7, 11) is 0. The Morgan fingerprint density at radius 2 is 1.88 bits per heavy atom. The van der Waals surface area contributed by atoms with Gasteiger partial charge in [0.15, 0.2) is 5.69 Å². The minimum Gasteiger partial charge on any atom is -0.494 e. The highest BCUT2D eigenvalue weighted by Crippen LogP contribution is 2.39. The van der Waals surface area contributed by atoms with E-state index in [4.69, 9.17) is 4.74 Å². The Balaban J connectivity index is 1.81. The third-order valence-corrected chi connectivity index (χ3v) is 4.54. The second-order valence-electron chi connectivity index (χ2n) is 6.57. The summed E-state index contributed by atoms with van der Waals surface area (Å²) in [6, 6.07) is 13.6. The lowest BCUT2D eigenvalue weighted by molar-refractivity contribution is 0.306. The van der Waals surface area contributed by atoms with Gasteiger partial charge >= 0.3 is 0 Å². The van der Waals surface area contributed by atoms with Crippen LogP contribution in [-0.4, -0.2) is 16.3 Å². The quantitative estimate of drug-likeness (QED) is 0.419. The summed E-state index contributed by atoms with van der Waals surface area (Å²) in [4.78, 5) is 11.2. The lowest BCUT2D eigenvalue weighted by Crippen LogP contribution is -2.00. The number of benzene rings is 2. The van der Waals surface area contributed by atoms with E-state index in [1.165, 1.54) is 12.8 Å². The molecule has 5 heteroatoms. The first-order valence-electron chi connectivity index (χ1n) is 9.01. The fraction of sp³-hybridized carbons (Fsp3) is 0.333. The van der Waals surface area contributed by atoms with Gasteiger partial charge in [0, 0.05) is 5.39 Å². The van der Waals surface area contributed by atoms with Crippen LogP contribution in [0.2, 0.25) is 0 Å². The molecular weight excluding hydrogens is 328 g/mol. The molecule has 0 unspecified atom stereocenters. The van der Waals surface area contributed by atoms with Crippen molar-refractivity contribution < 1.29 is 9.84 Å².